The highest BCUT2D eigenvalue weighted by Crippen LogP contribution is 2.47. The van der Waals surface area contributed by atoms with E-state index in [2.05, 4.69) is 27.0 Å². The minimum absolute atomic E-state index is 0.149. The second kappa shape index (κ2) is 6.86. The summed E-state index contributed by atoms with van der Waals surface area (Å²) in [4.78, 5) is 12.1. The molecular weight excluding hydrogens is 316 g/mol. The lowest BCUT2D eigenvalue weighted by Crippen LogP contribution is -2.23. The lowest BCUT2D eigenvalue weighted by molar-refractivity contribution is -0.116. The number of amides is 1. The lowest BCUT2D eigenvalue weighted by atomic mass is 10.2. The Labute approximate surface area is 147 Å². The molecule has 0 spiro atoms. The third-order valence-electron chi connectivity index (χ3n) is 5.13. The van der Waals surface area contributed by atoms with Crippen LogP contribution in [0.3, 0.4) is 0 Å². The van der Waals surface area contributed by atoms with Crippen LogP contribution in [0.4, 0.5) is 0 Å². The molecule has 1 fully saturated rings. The molecule has 0 bridgehead atoms. The van der Waals surface area contributed by atoms with Crippen molar-refractivity contribution in [2.24, 2.45) is 5.92 Å². The highest BCUT2D eigenvalue weighted by atomic mass is 16.3. The van der Waals surface area contributed by atoms with Crippen LogP contribution in [0.2, 0.25) is 0 Å². The second-order valence-electron chi connectivity index (χ2n) is 7.11. The molecule has 4 rings (SSSR count). The maximum absolute atomic E-state index is 12.1. The van der Waals surface area contributed by atoms with Crippen molar-refractivity contribution in [3.05, 3.63) is 41.4 Å². The third-order valence-corrected chi connectivity index (χ3v) is 5.13. The molecule has 0 saturated heterocycles. The van der Waals surface area contributed by atoms with Gasteiger partial charge in [-0.15, -0.1) is 10.2 Å². The van der Waals surface area contributed by atoms with Crippen molar-refractivity contribution in [1.82, 2.24) is 20.1 Å². The van der Waals surface area contributed by atoms with Crippen molar-refractivity contribution < 1.29 is 9.21 Å². The molecule has 1 amide bonds. The SMILES string of the molecule is C[C@@H]1C[C@H]1c1ccc(/C=C/C(=O)NCc2nnc3n2CCCCC3)o1. The fraction of sp³-hybridized carbons (Fsp3) is 0.526. The summed E-state index contributed by atoms with van der Waals surface area (Å²) in [5, 5.41) is 11.4. The number of aromatic nitrogens is 3. The molecule has 1 N–H and O–H groups in total. The van der Waals surface area contributed by atoms with Crippen molar-refractivity contribution in [2.75, 3.05) is 0 Å². The number of carbonyl (C=O) groups is 1. The average Bonchev–Trinajstić information content (AvgIpc) is 3.06. The van der Waals surface area contributed by atoms with Crippen LogP contribution in [0, 0.1) is 5.92 Å². The van der Waals surface area contributed by atoms with Crippen LogP contribution >= 0.6 is 0 Å². The Balaban J connectivity index is 1.32. The number of nitrogens with one attached hydrogen (secondary N) is 1. The molecule has 1 saturated carbocycles. The Kier molecular flexibility index (Phi) is 4.42. The van der Waals surface area contributed by atoms with E-state index in [1.807, 2.05) is 12.1 Å². The van der Waals surface area contributed by atoms with E-state index in [4.69, 9.17) is 4.42 Å². The zero-order valence-electron chi connectivity index (χ0n) is 14.6. The van der Waals surface area contributed by atoms with Crippen molar-refractivity contribution in [1.29, 1.82) is 0 Å². The first-order valence-corrected chi connectivity index (χ1v) is 9.17. The molecule has 0 radical (unpaired) electrons. The van der Waals surface area contributed by atoms with Crippen molar-refractivity contribution in [3.8, 4) is 0 Å². The summed E-state index contributed by atoms with van der Waals surface area (Å²) >= 11 is 0. The molecule has 1 aliphatic carbocycles. The van der Waals surface area contributed by atoms with Crippen molar-refractivity contribution in [2.45, 2.75) is 58.0 Å². The van der Waals surface area contributed by atoms with Gasteiger partial charge in [-0.05, 0) is 43.4 Å². The van der Waals surface area contributed by atoms with Gasteiger partial charge >= 0.3 is 0 Å². The maximum atomic E-state index is 12.1. The fourth-order valence-corrected chi connectivity index (χ4v) is 3.43. The van der Waals surface area contributed by atoms with Gasteiger partial charge in [0.1, 0.15) is 17.3 Å². The quantitative estimate of drug-likeness (QED) is 0.849. The fourth-order valence-electron chi connectivity index (χ4n) is 3.43. The van der Waals surface area contributed by atoms with E-state index < -0.39 is 0 Å². The lowest BCUT2D eigenvalue weighted by Gasteiger charge is -2.06. The zero-order valence-corrected chi connectivity index (χ0v) is 14.6. The highest BCUT2D eigenvalue weighted by Gasteiger charge is 2.36. The zero-order chi connectivity index (χ0) is 17.2. The van der Waals surface area contributed by atoms with Gasteiger partial charge in [0.25, 0.3) is 0 Å². The van der Waals surface area contributed by atoms with Crippen LogP contribution in [0.25, 0.3) is 6.08 Å². The predicted octanol–water partition coefficient (Wildman–Crippen LogP) is 3.05. The van der Waals surface area contributed by atoms with Crippen LogP contribution < -0.4 is 5.32 Å². The maximum Gasteiger partial charge on any atom is 0.244 e. The minimum Gasteiger partial charge on any atom is -0.461 e. The number of fused-ring (bicyclic) bond motifs is 1. The Hall–Kier alpha value is -2.37. The predicted molar refractivity (Wildman–Crippen MR) is 93.7 cm³/mol. The van der Waals surface area contributed by atoms with Gasteiger partial charge in [-0.1, -0.05) is 13.3 Å². The monoisotopic (exact) mass is 340 g/mol. The molecule has 6 heteroatoms. The minimum atomic E-state index is -0.149. The summed E-state index contributed by atoms with van der Waals surface area (Å²) in [5.41, 5.74) is 0. The number of aryl methyl sites for hydroxylation is 1. The molecule has 25 heavy (non-hydrogen) atoms. The van der Waals surface area contributed by atoms with Crippen LogP contribution in [-0.4, -0.2) is 20.7 Å². The summed E-state index contributed by atoms with van der Waals surface area (Å²) < 4.78 is 7.92. The first-order chi connectivity index (χ1) is 12.2. The first kappa shape index (κ1) is 16.1. The average molecular weight is 340 g/mol. The molecular formula is C19H24N4O2. The summed E-state index contributed by atoms with van der Waals surface area (Å²) in [6.45, 7) is 3.57. The Morgan fingerprint density at radius 3 is 3.08 bits per heavy atom. The van der Waals surface area contributed by atoms with Crippen LogP contribution in [0.1, 0.15) is 61.7 Å². The number of hydrogen-bond donors (Lipinski definition) is 1. The van der Waals surface area contributed by atoms with E-state index in [0.717, 1.165) is 49.0 Å². The largest absolute Gasteiger partial charge is 0.461 e. The van der Waals surface area contributed by atoms with Gasteiger partial charge in [-0.3, -0.25) is 4.79 Å². The van der Waals surface area contributed by atoms with Gasteiger partial charge < -0.3 is 14.3 Å². The number of furan rings is 1. The van der Waals surface area contributed by atoms with E-state index in [1.54, 1.807) is 6.08 Å². The van der Waals surface area contributed by atoms with E-state index >= 15 is 0 Å². The Morgan fingerprint density at radius 1 is 1.36 bits per heavy atom. The number of carbonyl (C=O) groups excluding carboxylic acids is 1. The second-order valence-corrected chi connectivity index (χ2v) is 7.11. The highest BCUT2D eigenvalue weighted by molar-refractivity contribution is 5.91. The topological polar surface area (TPSA) is 73.0 Å². The van der Waals surface area contributed by atoms with Crippen LogP contribution in [0.15, 0.2) is 22.6 Å². The van der Waals surface area contributed by atoms with Gasteiger partial charge in [-0.25, -0.2) is 0 Å². The molecule has 2 atom stereocenters. The molecule has 0 unspecified atom stereocenters. The van der Waals surface area contributed by atoms with E-state index in [0.29, 0.717) is 18.4 Å². The van der Waals surface area contributed by atoms with E-state index in [1.165, 1.54) is 18.9 Å². The van der Waals surface area contributed by atoms with E-state index in [9.17, 15) is 4.79 Å². The molecule has 2 aromatic heterocycles. The Morgan fingerprint density at radius 2 is 2.24 bits per heavy atom. The molecule has 1 aliphatic heterocycles. The van der Waals surface area contributed by atoms with Gasteiger partial charge in [0.05, 0.1) is 6.54 Å². The van der Waals surface area contributed by atoms with Gasteiger partial charge in [0, 0.05) is 25.0 Å². The molecule has 3 heterocycles. The van der Waals surface area contributed by atoms with Gasteiger partial charge in [-0.2, -0.15) is 0 Å². The van der Waals surface area contributed by atoms with E-state index in [-0.39, 0.29) is 5.91 Å². The summed E-state index contributed by atoms with van der Waals surface area (Å²) in [6.07, 6.45) is 8.93. The molecule has 2 aromatic rings. The van der Waals surface area contributed by atoms with Gasteiger partial charge in [0.2, 0.25) is 5.91 Å². The van der Waals surface area contributed by atoms with Crippen molar-refractivity contribution in [3.63, 3.8) is 0 Å². The number of rotatable bonds is 5. The number of hydrogen-bond acceptors (Lipinski definition) is 4. The van der Waals surface area contributed by atoms with Crippen LogP contribution in [0.5, 0.6) is 0 Å². The normalized spacial score (nSPS) is 22.6. The Bertz CT molecular complexity index is 789. The third kappa shape index (κ3) is 3.67. The molecule has 132 valence electrons. The first-order valence-electron chi connectivity index (χ1n) is 9.17. The molecule has 6 nitrogen and oxygen atoms in total. The van der Waals surface area contributed by atoms with Gasteiger partial charge in [0.15, 0.2) is 5.82 Å². The molecule has 0 aromatic carbocycles. The van der Waals surface area contributed by atoms with Crippen LogP contribution in [-0.2, 0) is 24.3 Å². The smallest absolute Gasteiger partial charge is 0.244 e. The number of nitrogens with zero attached hydrogens (tertiary/aromatic N) is 3. The summed E-state index contributed by atoms with van der Waals surface area (Å²) in [7, 11) is 0. The summed E-state index contributed by atoms with van der Waals surface area (Å²) in [5.74, 6) is 4.74. The van der Waals surface area contributed by atoms with Crippen molar-refractivity contribution >= 4 is 12.0 Å². The molecule has 2 aliphatic rings. The standard InChI is InChI=1S/C19H24N4O2/c1-13-11-15(13)16-8-6-14(25-16)7-9-19(24)20-12-18-22-21-17-5-3-2-4-10-23(17)18/h6-9,13,15H,2-5,10-12H2,1H3,(H,20,24)/b9-7+/t13-,15-/m1/s1. The summed E-state index contributed by atoms with van der Waals surface area (Å²) in [6, 6.07) is 3.93.